The molecule has 0 saturated heterocycles. The highest BCUT2D eigenvalue weighted by atomic mass is 14.9. The molecule has 68 valence electrons. The SMILES string of the molecule is C#CCN[C@@H](/C=C/C)C(C)(C)C. The molecule has 0 spiro atoms. The van der Waals surface area contributed by atoms with Gasteiger partial charge in [-0.1, -0.05) is 38.8 Å². The van der Waals surface area contributed by atoms with Crippen molar-refractivity contribution in [3.8, 4) is 12.3 Å². The Morgan fingerprint density at radius 1 is 1.50 bits per heavy atom. The molecule has 1 heteroatoms. The molecule has 0 bridgehead atoms. The summed E-state index contributed by atoms with van der Waals surface area (Å²) < 4.78 is 0. The van der Waals surface area contributed by atoms with E-state index in [0.29, 0.717) is 12.6 Å². The molecule has 0 unspecified atom stereocenters. The van der Waals surface area contributed by atoms with Crippen LogP contribution in [0.5, 0.6) is 0 Å². The maximum atomic E-state index is 5.18. The fourth-order valence-electron chi connectivity index (χ4n) is 1.02. The van der Waals surface area contributed by atoms with E-state index in [2.05, 4.69) is 44.2 Å². The summed E-state index contributed by atoms with van der Waals surface area (Å²) in [6, 6.07) is 0.360. The second-order valence-electron chi connectivity index (χ2n) is 3.95. The summed E-state index contributed by atoms with van der Waals surface area (Å²) in [6.07, 6.45) is 9.38. The Morgan fingerprint density at radius 3 is 2.42 bits per heavy atom. The first kappa shape index (κ1) is 11.3. The Bertz CT molecular complexity index is 178. The fourth-order valence-corrected chi connectivity index (χ4v) is 1.02. The lowest BCUT2D eigenvalue weighted by Crippen LogP contribution is -2.38. The van der Waals surface area contributed by atoms with Crippen LogP contribution >= 0.6 is 0 Å². The second-order valence-corrected chi connectivity index (χ2v) is 3.95. The van der Waals surface area contributed by atoms with Crippen LogP contribution in [0.15, 0.2) is 12.2 Å². The van der Waals surface area contributed by atoms with Crippen molar-refractivity contribution in [2.75, 3.05) is 6.54 Å². The Hall–Kier alpha value is -0.740. The van der Waals surface area contributed by atoms with Gasteiger partial charge in [-0.3, -0.25) is 5.32 Å². The van der Waals surface area contributed by atoms with Gasteiger partial charge in [-0.15, -0.1) is 6.42 Å². The molecule has 1 N–H and O–H groups in total. The summed E-state index contributed by atoms with van der Waals surface area (Å²) >= 11 is 0. The maximum absolute atomic E-state index is 5.18. The van der Waals surface area contributed by atoms with E-state index in [0.717, 1.165) is 0 Å². The van der Waals surface area contributed by atoms with E-state index < -0.39 is 0 Å². The van der Waals surface area contributed by atoms with Crippen LogP contribution in [-0.2, 0) is 0 Å². The van der Waals surface area contributed by atoms with Crippen LogP contribution in [0.1, 0.15) is 27.7 Å². The fraction of sp³-hybridized carbons (Fsp3) is 0.636. The van der Waals surface area contributed by atoms with Gasteiger partial charge in [-0.2, -0.15) is 0 Å². The van der Waals surface area contributed by atoms with Crippen LogP contribution < -0.4 is 5.32 Å². The smallest absolute Gasteiger partial charge is 0.0578 e. The predicted molar refractivity (Wildman–Crippen MR) is 54.9 cm³/mol. The molecule has 1 nitrogen and oxygen atoms in total. The molecule has 0 amide bonds. The number of terminal acetylenes is 1. The van der Waals surface area contributed by atoms with Crippen LogP contribution in [0.25, 0.3) is 0 Å². The number of allylic oxidation sites excluding steroid dienone is 1. The van der Waals surface area contributed by atoms with Gasteiger partial charge in [-0.25, -0.2) is 0 Å². The van der Waals surface area contributed by atoms with Crippen LogP contribution in [0, 0.1) is 17.8 Å². The minimum absolute atomic E-state index is 0.226. The second kappa shape index (κ2) is 5.00. The molecule has 1 atom stereocenters. The van der Waals surface area contributed by atoms with Gasteiger partial charge in [0.15, 0.2) is 0 Å². The first-order valence-electron chi connectivity index (χ1n) is 4.32. The van der Waals surface area contributed by atoms with E-state index in [1.54, 1.807) is 0 Å². The Kier molecular flexibility index (Phi) is 4.70. The maximum Gasteiger partial charge on any atom is 0.0578 e. The van der Waals surface area contributed by atoms with E-state index in [4.69, 9.17) is 6.42 Å². The van der Waals surface area contributed by atoms with Gasteiger partial charge < -0.3 is 0 Å². The van der Waals surface area contributed by atoms with Crippen LogP contribution in [-0.4, -0.2) is 12.6 Å². The van der Waals surface area contributed by atoms with Crippen molar-refractivity contribution in [2.45, 2.75) is 33.7 Å². The van der Waals surface area contributed by atoms with E-state index in [9.17, 15) is 0 Å². The summed E-state index contributed by atoms with van der Waals surface area (Å²) in [5.41, 5.74) is 0.226. The van der Waals surface area contributed by atoms with Crippen molar-refractivity contribution in [3.05, 3.63) is 12.2 Å². The van der Waals surface area contributed by atoms with Gasteiger partial charge in [0.05, 0.1) is 6.54 Å². The third-order valence-corrected chi connectivity index (χ3v) is 1.74. The third kappa shape index (κ3) is 4.20. The van der Waals surface area contributed by atoms with E-state index in [1.165, 1.54) is 0 Å². The lowest BCUT2D eigenvalue weighted by Gasteiger charge is -2.28. The topological polar surface area (TPSA) is 12.0 Å². The van der Waals surface area contributed by atoms with E-state index in [1.807, 2.05) is 6.92 Å². The summed E-state index contributed by atoms with van der Waals surface area (Å²) in [5.74, 6) is 2.58. The molecule has 0 heterocycles. The predicted octanol–water partition coefficient (Wildman–Crippen LogP) is 2.20. The van der Waals surface area contributed by atoms with Crippen LogP contribution in [0.3, 0.4) is 0 Å². The molecule has 0 aliphatic rings. The lowest BCUT2D eigenvalue weighted by atomic mass is 9.86. The highest BCUT2D eigenvalue weighted by molar-refractivity contribution is 5.00. The van der Waals surface area contributed by atoms with Crippen LogP contribution in [0.4, 0.5) is 0 Å². The number of rotatable bonds is 3. The molecule has 0 aromatic rings. The standard InChI is InChI=1S/C11H19N/c1-6-8-10(11(3,4)5)12-9-7-2/h2,6,8,10,12H,9H2,1,3-5H3/b8-6+/t10-/m0/s1. The normalized spacial score (nSPS) is 14.6. The number of nitrogens with one attached hydrogen (secondary N) is 1. The zero-order valence-electron chi connectivity index (χ0n) is 8.52. The van der Waals surface area contributed by atoms with Gasteiger partial charge in [0.25, 0.3) is 0 Å². The van der Waals surface area contributed by atoms with E-state index >= 15 is 0 Å². The molecule has 0 aliphatic carbocycles. The first-order valence-corrected chi connectivity index (χ1v) is 4.32. The third-order valence-electron chi connectivity index (χ3n) is 1.74. The van der Waals surface area contributed by atoms with Gasteiger partial charge in [0, 0.05) is 6.04 Å². The highest BCUT2D eigenvalue weighted by Gasteiger charge is 2.20. The Balaban J connectivity index is 4.16. The highest BCUT2D eigenvalue weighted by Crippen LogP contribution is 2.19. The molecule has 0 saturated carbocycles. The summed E-state index contributed by atoms with van der Waals surface area (Å²) in [4.78, 5) is 0. The summed E-state index contributed by atoms with van der Waals surface area (Å²) in [6.45, 7) is 9.24. The van der Waals surface area contributed by atoms with Crippen molar-refractivity contribution < 1.29 is 0 Å². The molecule has 0 aromatic heterocycles. The van der Waals surface area contributed by atoms with E-state index in [-0.39, 0.29) is 5.41 Å². The molecule has 0 fully saturated rings. The molecular formula is C11H19N. The van der Waals surface area contributed by atoms with Crippen molar-refractivity contribution in [3.63, 3.8) is 0 Å². The molecule has 0 rings (SSSR count). The van der Waals surface area contributed by atoms with Gasteiger partial charge >= 0.3 is 0 Å². The average molecular weight is 165 g/mol. The summed E-state index contributed by atoms with van der Waals surface area (Å²) in [7, 11) is 0. The van der Waals surface area contributed by atoms with Crippen LogP contribution in [0.2, 0.25) is 0 Å². The van der Waals surface area contributed by atoms with Crippen molar-refractivity contribution in [1.82, 2.24) is 5.32 Å². The monoisotopic (exact) mass is 165 g/mol. The van der Waals surface area contributed by atoms with Gasteiger partial charge in [-0.05, 0) is 12.3 Å². The quantitative estimate of drug-likeness (QED) is 0.499. The van der Waals surface area contributed by atoms with Crippen molar-refractivity contribution in [2.24, 2.45) is 5.41 Å². The molecule has 0 radical (unpaired) electrons. The Labute approximate surface area is 76.2 Å². The zero-order chi connectivity index (χ0) is 9.61. The zero-order valence-corrected chi connectivity index (χ0v) is 8.52. The average Bonchev–Trinajstić information content (AvgIpc) is 1.95. The number of hydrogen-bond acceptors (Lipinski definition) is 1. The minimum Gasteiger partial charge on any atom is -0.299 e. The molecule has 12 heavy (non-hydrogen) atoms. The molecular weight excluding hydrogens is 146 g/mol. The van der Waals surface area contributed by atoms with Crippen molar-refractivity contribution >= 4 is 0 Å². The van der Waals surface area contributed by atoms with Gasteiger partial charge in [0.1, 0.15) is 0 Å². The van der Waals surface area contributed by atoms with Gasteiger partial charge in [0.2, 0.25) is 0 Å². The Morgan fingerprint density at radius 2 is 2.08 bits per heavy atom. The minimum atomic E-state index is 0.226. The number of hydrogen-bond donors (Lipinski definition) is 1. The first-order chi connectivity index (χ1) is 5.52. The molecule has 0 aliphatic heterocycles. The summed E-state index contributed by atoms with van der Waals surface area (Å²) in [5, 5.41) is 3.29. The van der Waals surface area contributed by atoms with Crippen molar-refractivity contribution in [1.29, 1.82) is 0 Å². The lowest BCUT2D eigenvalue weighted by molar-refractivity contribution is 0.322. The molecule has 0 aromatic carbocycles. The largest absolute Gasteiger partial charge is 0.299 e.